The Morgan fingerprint density at radius 2 is 1.64 bits per heavy atom. The zero-order valence-corrected chi connectivity index (χ0v) is 24.0. The first kappa shape index (κ1) is 26.9. The summed E-state index contributed by atoms with van der Waals surface area (Å²) in [5.41, 5.74) is 2.66. The van der Waals surface area contributed by atoms with E-state index in [9.17, 15) is 8.42 Å². The first-order valence-corrected chi connectivity index (χ1v) is 16.1. The molecular formula is C30H39FN4O3S. The molecular weight excluding hydrogens is 515 g/mol. The lowest BCUT2D eigenvalue weighted by Gasteiger charge is -2.45. The summed E-state index contributed by atoms with van der Waals surface area (Å²) < 4.78 is 46.8. The molecule has 2 atom stereocenters. The van der Waals surface area contributed by atoms with E-state index >= 15 is 4.39 Å². The number of hydrogen-bond donors (Lipinski definition) is 0. The Labute approximate surface area is 230 Å². The Bertz CT molecular complexity index is 1430. The van der Waals surface area contributed by atoms with Gasteiger partial charge in [-0.3, -0.25) is 4.90 Å². The smallest absolute Gasteiger partial charge is 0.175 e. The van der Waals surface area contributed by atoms with Gasteiger partial charge < -0.3 is 14.2 Å². The van der Waals surface area contributed by atoms with Gasteiger partial charge in [0.05, 0.1) is 17.0 Å². The van der Waals surface area contributed by atoms with Crippen molar-refractivity contribution < 1.29 is 17.5 Å². The van der Waals surface area contributed by atoms with E-state index in [4.69, 9.17) is 4.74 Å². The molecule has 2 bridgehead atoms. The van der Waals surface area contributed by atoms with Gasteiger partial charge in [0.15, 0.2) is 15.7 Å². The van der Waals surface area contributed by atoms with Gasteiger partial charge >= 0.3 is 0 Å². The van der Waals surface area contributed by atoms with Crippen LogP contribution in [0.1, 0.15) is 50.0 Å². The van der Waals surface area contributed by atoms with Gasteiger partial charge in [-0.25, -0.2) is 17.8 Å². The summed E-state index contributed by atoms with van der Waals surface area (Å²) in [5, 5.41) is 0. The summed E-state index contributed by atoms with van der Waals surface area (Å²) in [4.78, 5) is 10.3. The van der Waals surface area contributed by atoms with Crippen LogP contribution in [0.15, 0.2) is 41.3 Å². The molecule has 3 aromatic rings. The Balaban J connectivity index is 1.16. The van der Waals surface area contributed by atoms with Crippen LogP contribution in [-0.2, 0) is 21.6 Å². The highest BCUT2D eigenvalue weighted by Gasteiger charge is 2.42. The standard InChI is InChI=1S/C30H39FN4O3S/c1-33-27-11-10-26(28(31)29(27)32-30(33)21-4-8-25(9-5-21)39(3,36)37)20-12-14-34(15-13-20)24-18-22-6-7-23(19-24)35(22)16-17-38-2/h4-5,8-11,20,22-24H,6-7,12-19H2,1-3H3. The van der Waals surface area contributed by atoms with Crippen molar-refractivity contribution in [3.63, 3.8) is 0 Å². The normalized spacial score (nSPS) is 25.1. The lowest BCUT2D eigenvalue weighted by atomic mass is 9.86. The molecule has 3 aliphatic rings. The molecule has 0 spiro atoms. The van der Waals surface area contributed by atoms with Crippen LogP contribution in [-0.4, -0.2) is 85.5 Å². The average Bonchev–Trinajstić information content (AvgIpc) is 3.38. The van der Waals surface area contributed by atoms with Crippen LogP contribution < -0.4 is 0 Å². The lowest BCUT2D eigenvalue weighted by Crippen LogP contribution is -2.52. The highest BCUT2D eigenvalue weighted by molar-refractivity contribution is 7.90. The molecule has 3 aliphatic heterocycles. The molecule has 2 unspecified atom stereocenters. The van der Waals surface area contributed by atoms with E-state index < -0.39 is 9.84 Å². The minimum atomic E-state index is -3.28. The van der Waals surface area contributed by atoms with E-state index in [2.05, 4.69) is 14.8 Å². The maximum Gasteiger partial charge on any atom is 0.175 e. The first-order valence-electron chi connectivity index (χ1n) is 14.2. The summed E-state index contributed by atoms with van der Waals surface area (Å²) in [6, 6.07) is 12.6. The van der Waals surface area contributed by atoms with E-state index in [0.29, 0.717) is 29.5 Å². The van der Waals surface area contributed by atoms with Gasteiger partial charge in [-0.1, -0.05) is 6.07 Å². The minimum Gasteiger partial charge on any atom is -0.383 e. The summed E-state index contributed by atoms with van der Waals surface area (Å²) in [7, 11) is 0.382. The fourth-order valence-electron chi connectivity index (χ4n) is 7.35. The molecule has 0 N–H and O–H groups in total. The molecule has 4 heterocycles. The van der Waals surface area contributed by atoms with Crippen LogP contribution in [0.2, 0.25) is 0 Å². The Hall–Kier alpha value is -2.33. The van der Waals surface area contributed by atoms with Gasteiger partial charge in [0.25, 0.3) is 0 Å². The van der Waals surface area contributed by atoms with Crippen molar-refractivity contribution in [1.82, 2.24) is 19.4 Å². The predicted octanol–water partition coefficient (Wildman–Crippen LogP) is 4.60. The predicted molar refractivity (Wildman–Crippen MR) is 151 cm³/mol. The number of likely N-dealkylation sites (tertiary alicyclic amines) is 1. The second kappa shape index (κ2) is 10.6. The van der Waals surface area contributed by atoms with Gasteiger partial charge in [0, 0.05) is 50.6 Å². The summed E-state index contributed by atoms with van der Waals surface area (Å²) in [6.45, 7) is 3.89. The molecule has 3 saturated heterocycles. The highest BCUT2D eigenvalue weighted by atomic mass is 32.2. The van der Waals surface area contributed by atoms with Gasteiger partial charge in [-0.2, -0.15) is 0 Å². The number of fused-ring (bicyclic) bond motifs is 3. The SMILES string of the molecule is COCCN1C2CCC1CC(N1CCC(c3ccc4c(nc(-c5ccc(S(C)(=O)=O)cc5)n4C)c3F)CC1)C2. The van der Waals surface area contributed by atoms with Crippen molar-refractivity contribution in [2.75, 3.05) is 39.6 Å². The highest BCUT2D eigenvalue weighted by Crippen LogP contribution is 2.40. The maximum absolute atomic E-state index is 15.9. The first-order chi connectivity index (χ1) is 18.7. The zero-order valence-electron chi connectivity index (χ0n) is 23.1. The van der Waals surface area contributed by atoms with Gasteiger partial charge in [-0.15, -0.1) is 0 Å². The van der Waals surface area contributed by atoms with E-state index in [1.807, 2.05) is 23.7 Å². The molecule has 0 aliphatic carbocycles. The monoisotopic (exact) mass is 554 g/mol. The van der Waals surface area contributed by atoms with Crippen molar-refractivity contribution in [3.8, 4) is 11.4 Å². The minimum absolute atomic E-state index is 0.198. The quantitative estimate of drug-likeness (QED) is 0.425. The Morgan fingerprint density at radius 1 is 0.974 bits per heavy atom. The third kappa shape index (κ3) is 5.03. The third-order valence-electron chi connectivity index (χ3n) is 9.46. The average molecular weight is 555 g/mol. The van der Waals surface area contributed by atoms with Crippen molar-refractivity contribution in [3.05, 3.63) is 47.8 Å². The number of aryl methyl sites for hydroxylation is 1. The number of halogens is 1. The number of imidazole rings is 1. The molecule has 3 fully saturated rings. The van der Waals surface area contributed by atoms with Crippen LogP contribution in [0, 0.1) is 5.82 Å². The van der Waals surface area contributed by atoms with Crippen molar-refractivity contribution >= 4 is 20.9 Å². The second-order valence-electron chi connectivity index (χ2n) is 11.7. The van der Waals surface area contributed by atoms with Crippen molar-refractivity contribution in [1.29, 1.82) is 0 Å². The fraction of sp³-hybridized carbons (Fsp3) is 0.567. The number of nitrogens with zero attached hydrogens (tertiary/aromatic N) is 4. The number of methoxy groups -OCH3 is 1. The van der Waals surface area contributed by atoms with Crippen LogP contribution in [0.5, 0.6) is 0 Å². The second-order valence-corrected chi connectivity index (χ2v) is 13.7. The van der Waals surface area contributed by atoms with Crippen LogP contribution in [0.3, 0.4) is 0 Å². The lowest BCUT2D eigenvalue weighted by molar-refractivity contribution is 0.0320. The Morgan fingerprint density at radius 3 is 2.26 bits per heavy atom. The summed E-state index contributed by atoms with van der Waals surface area (Å²) in [5.74, 6) is 0.608. The molecule has 9 heteroatoms. The molecule has 210 valence electrons. The number of rotatable bonds is 7. The van der Waals surface area contributed by atoms with Gasteiger partial charge in [0.2, 0.25) is 0 Å². The molecule has 1 aromatic heterocycles. The van der Waals surface area contributed by atoms with Crippen molar-refractivity contribution in [2.24, 2.45) is 7.05 Å². The van der Waals surface area contributed by atoms with E-state index in [-0.39, 0.29) is 16.6 Å². The van der Waals surface area contributed by atoms with E-state index in [1.54, 1.807) is 31.4 Å². The molecule has 7 nitrogen and oxygen atoms in total. The number of aromatic nitrogens is 2. The Kier molecular flexibility index (Phi) is 7.29. The van der Waals surface area contributed by atoms with Crippen LogP contribution >= 0.6 is 0 Å². The van der Waals surface area contributed by atoms with E-state index in [0.717, 1.165) is 55.7 Å². The summed E-state index contributed by atoms with van der Waals surface area (Å²) in [6.07, 6.45) is 8.22. The zero-order chi connectivity index (χ0) is 27.3. The maximum atomic E-state index is 15.9. The number of hydrogen-bond acceptors (Lipinski definition) is 6. The van der Waals surface area contributed by atoms with Crippen LogP contribution in [0.4, 0.5) is 4.39 Å². The molecule has 0 radical (unpaired) electrons. The molecule has 2 aromatic carbocycles. The van der Waals surface area contributed by atoms with E-state index in [1.165, 1.54) is 31.9 Å². The summed E-state index contributed by atoms with van der Waals surface area (Å²) >= 11 is 0. The molecule has 6 rings (SSSR count). The van der Waals surface area contributed by atoms with Crippen molar-refractivity contribution in [2.45, 2.75) is 67.5 Å². The number of ether oxygens (including phenoxy) is 1. The molecule has 39 heavy (non-hydrogen) atoms. The third-order valence-corrected chi connectivity index (χ3v) is 10.6. The van der Waals surface area contributed by atoms with Gasteiger partial charge in [-0.05, 0) is 93.4 Å². The number of benzene rings is 2. The molecule has 0 amide bonds. The topological polar surface area (TPSA) is 67.7 Å². The number of sulfone groups is 1. The molecule has 0 saturated carbocycles. The number of piperidine rings is 2. The van der Waals surface area contributed by atoms with Gasteiger partial charge in [0.1, 0.15) is 11.3 Å². The largest absolute Gasteiger partial charge is 0.383 e. The fourth-order valence-corrected chi connectivity index (χ4v) is 7.98. The van der Waals surface area contributed by atoms with Crippen LogP contribution in [0.25, 0.3) is 22.4 Å².